The lowest BCUT2D eigenvalue weighted by molar-refractivity contribution is -0.124. The number of benzene rings is 1. The lowest BCUT2D eigenvalue weighted by Crippen LogP contribution is -2.37. The zero-order valence-electron chi connectivity index (χ0n) is 11.0. The quantitative estimate of drug-likeness (QED) is 0.909. The third-order valence-corrected chi connectivity index (χ3v) is 3.35. The first-order valence-electron chi connectivity index (χ1n) is 6.61. The van der Waals surface area contributed by atoms with Crippen molar-refractivity contribution in [2.45, 2.75) is 25.4 Å². The molecule has 0 saturated carbocycles. The number of hydrogen-bond donors (Lipinski definition) is 1. The minimum Gasteiger partial charge on any atom is -0.484 e. The Morgan fingerprint density at radius 2 is 2.35 bits per heavy atom. The minimum absolute atomic E-state index is 0.0292. The van der Waals surface area contributed by atoms with E-state index in [2.05, 4.69) is 5.32 Å². The first-order chi connectivity index (χ1) is 9.65. The predicted octanol–water partition coefficient (Wildman–Crippen LogP) is 2.54. The number of carbonyl (C=O) groups is 1. The van der Waals surface area contributed by atoms with Gasteiger partial charge in [0.2, 0.25) is 0 Å². The Kier molecular flexibility index (Phi) is 5.61. The Balaban J connectivity index is 1.70. The van der Waals surface area contributed by atoms with Crippen LogP contribution in [0.3, 0.4) is 0 Å². The van der Waals surface area contributed by atoms with E-state index in [9.17, 15) is 9.18 Å². The van der Waals surface area contributed by atoms with Gasteiger partial charge in [0.15, 0.2) is 6.61 Å². The standard InChI is InChI=1S/C14H17ClFNO3/c15-12-7-10(4-5-13(12)16)20-9-14(18)17-8-11-3-1-2-6-19-11/h4-5,7,11H,1-3,6,8-9H2,(H,17,18)/t11-/m0/s1. The predicted molar refractivity (Wildman–Crippen MR) is 73.5 cm³/mol. The third-order valence-electron chi connectivity index (χ3n) is 3.06. The summed E-state index contributed by atoms with van der Waals surface area (Å²) in [5, 5.41) is 2.72. The smallest absolute Gasteiger partial charge is 0.258 e. The third kappa shape index (κ3) is 4.65. The second-order valence-corrected chi connectivity index (χ2v) is 5.06. The van der Waals surface area contributed by atoms with Crippen LogP contribution in [0, 0.1) is 5.82 Å². The molecule has 1 aliphatic rings. The van der Waals surface area contributed by atoms with Crippen LogP contribution in [-0.4, -0.2) is 31.8 Å². The molecule has 0 bridgehead atoms. The highest BCUT2D eigenvalue weighted by molar-refractivity contribution is 6.30. The van der Waals surface area contributed by atoms with Crippen LogP contribution in [0.2, 0.25) is 5.02 Å². The van der Waals surface area contributed by atoms with Crippen LogP contribution < -0.4 is 10.1 Å². The molecule has 20 heavy (non-hydrogen) atoms. The van der Waals surface area contributed by atoms with Crippen LogP contribution in [0.5, 0.6) is 5.75 Å². The number of hydrogen-bond acceptors (Lipinski definition) is 3. The molecule has 1 saturated heterocycles. The first-order valence-corrected chi connectivity index (χ1v) is 6.99. The number of carbonyl (C=O) groups excluding carboxylic acids is 1. The van der Waals surface area contributed by atoms with Gasteiger partial charge in [0.1, 0.15) is 11.6 Å². The monoisotopic (exact) mass is 301 g/mol. The van der Waals surface area contributed by atoms with Crippen molar-refractivity contribution in [2.75, 3.05) is 19.8 Å². The lowest BCUT2D eigenvalue weighted by Gasteiger charge is -2.22. The zero-order chi connectivity index (χ0) is 14.4. The van der Waals surface area contributed by atoms with E-state index in [1.165, 1.54) is 18.2 Å². The van der Waals surface area contributed by atoms with Crippen molar-refractivity contribution in [2.24, 2.45) is 0 Å². The van der Waals surface area contributed by atoms with Crippen molar-refractivity contribution in [1.82, 2.24) is 5.32 Å². The molecule has 4 nitrogen and oxygen atoms in total. The van der Waals surface area contributed by atoms with Gasteiger partial charge in [-0.15, -0.1) is 0 Å². The van der Waals surface area contributed by atoms with Crippen molar-refractivity contribution >= 4 is 17.5 Å². The second-order valence-electron chi connectivity index (χ2n) is 4.66. The van der Waals surface area contributed by atoms with Crippen molar-refractivity contribution < 1.29 is 18.7 Å². The van der Waals surface area contributed by atoms with Gasteiger partial charge >= 0.3 is 0 Å². The van der Waals surface area contributed by atoms with Gasteiger partial charge in [0, 0.05) is 19.2 Å². The Labute approximate surface area is 122 Å². The largest absolute Gasteiger partial charge is 0.484 e. The first kappa shape index (κ1) is 15.1. The summed E-state index contributed by atoms with van der Waals surface area (Å²) < 4.78 is 23.7. The molecule has 0 spiro atoms. The Morgan fingerprint density at radius 3 is 3.05 bits per heavy atom. The summed E-state index contributed by atoms with van der Waals surface area (Å²) in [6, 6.07) is 3.97. The number of halogens is 2. The van der Waals surface area contributed by atoms with Crippen LogP contribution in [0.1, 0.15) is 19.3 Å². The van der Waals surface area contributed by atoms with Crippen molar-refractivity contribution in [3.63, 3.8) is 0 Å². The highest BCUT2D eigenvalue weighted by Crippen LogP contribution is 2.20. The van der Waals surface area contributed by atoms with Crippen LogP contribution >= 0.6 is 11.6 Å². The summed E-state index contributed by atoms with van der Waals surface area (Å²) in [5.41, 5.74) is 0. The molecule has 1 fully saturated rings. The number of rotatable bonds is 5. The van der Waals surface area contributed by atoms with Gasteiger partial charge in [0.05, 0.1) is 11.1 Å². The van der Waals surface area contributed by atoms with Gasteiger partial charge in [-0.25, -0.2) is 4.39 Å². The van der Waals surface area contributed by atoms with E-state index >= 15 is 0 Å². The number of nitrogens with one attached hydrogen (secondary N) is 1. The maximum atomic E-state index is 12.9. The van der Waals surface area contributed by atoms with Crippen LogP contribution in [-0.2, 0) is 9.53 Å². The van der Waals surface area contributed by atoms with Gasteiger partial charge in [0.25, 0.3) is 5.91 Å². The summed E-state index contributed by atoms with van der Waals surface area (Å²) in [5.74, 6) is -0.391. The van der Waals surface area contributed by atoms with E-state index in [1.54, 1.807) is 0 Å². The fourth-order valence-electron chi connectivity index (χ4n) is 1.96. The van der Waals surface area contributed by atoms with E-state index in [-0.39, 0.29) is 23.6 Å². The molecule has 1 aliphatic heterocycles. The average Bonchev–Trinajstić information content (AvgIpc) is 2.47. The van der Waals surface area contributed by atoms with Crippen LogP contribution in [0.25, 0.3) is 0 Å². The van der Waals surface area contributed by atoms with E-state index in [1.807, 2.05) is 0 Å². The molecule has 2 rings (SSSR count). The normalized spacial score (nSPS) is 18.6. The molecule has 1 heterocycles. The summed E-state index contributed by atoms with van der Waals surface area (Å²) in [7, 11) is 0. The fraction of sp³-hybridized carbons (Fsp3) is 0.500. The molecule has 1 amide bonds. The Bertz CT molecular complexity index is 464. The van der Waals surface area contributed by atoms with Gasteiger partial charge < -0.3 is 14.8 Å². The van der Waals surface area contributed by atoms with Crippen molar-refractivity contribution in [3.8, 4) is 5.75 Å². The highest BCUT2D eigenvalue weighted by Gasteiger charge is 2.14. The van der Waals surface area contributed by atoms with Crippen LogP contribution in [0.15, 0.2) is 18.2 Å². The second kappa shape index (κ2) is 7.45. The van der Waals surface area contributed by atoms with Crippen molar-refractivity contribution in [1.29, 1.82) is 0 Å². The van der Waals surface area contributed by atoms with E-state index in [4.69, 9.17) is 21.1 Å². The molecule has 0 aliphatic carbocycles. The SMILES string of the molecule is O=C(COc1ccc(F)c(Cl)c1)NC[C@@H]1CCCCO1. The minimum atomic E-state index is -0.516. The molecule has 6 heteroatoms. The molecule has 110 valence electrons. The van der Waals surface area contributed by atoms with Gasteiger partial charge in [-0.05, 0) is 31.4 Å². The Hall–Kier alpha value is -1.33. The maximum Gasteiger partial charge on any atom is 0.258 e. The molecule has 1 atom stereocenters. The fourth-order valence-corrected chi connectivity index (χ4v) is 2.13. The van der Waals surface area contributed by atoms with E-state index in [0.717, 1.165) is 25.9 Å². The number of amides is 1. The highest BCUT2D eigenvalue weighted by atomic mass is 35.5. The molecule has 1 aromatic carbocycles. The summed E-state index contributed by atoms with van der Waals surface area (Å²) in [6.45, 7) is 1.12. The molecule has 1 N–H and O–H groups in total. The lowest BCUT2D eigenvalue weighted by atomic mass is 10.1. The maximum absolute atomic E-state index is 12.9. The van der Waals surface area contributed by atoms with Gasteiger partial charge in [-0.2, -0.15) is 0 Å². The molecule has 0 radical (unpaired) electrons. The zero-order valence-corrected chi connectivity index (χ0v) is 11.8. The molecular formula is C14H17ClFNO3. The van der Waals surface area contributed by atoms with Gasteiger partial charge in [-0.3, -0.25) is 4.79 Å². The van der Waals surface area contributed by atoms with E-state index < -0.39 is 5.82 Å². The summed E-state index contributed by atoms with van der Waals surface area (Å²) in [4.78, 5) is 11.6. The van der Waals surface area contributed by atoms with Gasteiger partial charge in [-0.1, -0.05) is 11.6 Å². The summed E-state index contributed by atoms with van der Waals surface area (Å²) >= 11 is 5.62. The topological polar surface area (TPSA) is 47.6 Å². The summed E-state index contributed by atoms with van der Waals surface area (Å²) in [6.07, 6.45) is 3.27. The van der Waals surface area contributed by atoms with Crippen LogP contribution in [0.4, 0.5) is 4.39 Å². The molecule has 0 aromatic heterocycles. The molecular weight excluding hydrogens is 285 g/mol. The number of ether oxygens (including phenoxy) is 2. The molecule has 0 unspecified atom stereocenters. The van der Waals surface area contributed by atoms with Crippen molar-refractivity contribution in [3.05, 3.63) is 29.0 Å². The molecule has 1 aromatic rings. The average molecular weight is 302 g/mol. The van der Waals surface area contributed by atoms with E-state index in [0.29, 0.717) is 12.3 Å². The Morgan fingerprint density at radius 1 is 1.50 bits per heavy atom.